The molecule has 0 radical (unpaired) electrons. The van der Waals surface area contributed by atoms with Crippen LogP contribution in [0.5, 0.6) is 0 Å². The van der Waals surface area contributed by atoms with Crippen LogP contribution in [0.25, 0.3) is 0 Å². The van der Waals surface area contributed by atoms with E-state index < -0.39 is 5.92 Å². The van der Waals surface area contributed by atoms with Crippen molar-refractivity contribution >= 4 is 5.91 Å². The molecule has 5 heteroatoms. The minimum Gasteiger partial charge on any atom is -0.349 e. The Kier molecular flexibility index (Phi) is 3.39. The smallest absolute Gasteiger partial charge is 0.248 e. The Morgan fingerprint density at radius 3 is 2.47 bits per heavy atom. The van der Waals surface area contributed by atoms with Gasteiger partial charge >= 0.3 is 0 Å². The lowest BCUT2D eigenvalue weighted by Gasteiger charge is -2.31. The Bertz CT molecular complexity index is 291. The van der Waals surface area contributed by atoms with E-state index in [0.29, 0.717) is 12.8 Å². The van der Waals surface area contributed by atoms with Gasteiger partial charge in [-0.2, -0.15) is 0 Å². The largest absolute Gasteiger partial charge is 0.349 e. The molecule has 1 aliphatic carbocycles. The molecule has 1 saturated heterocycles. The summed E-state index contributed by atoms with van der Waals surface area (Å²) in [4.78, 5) is 12.0. The molecule has 0 aromatic heterocycles. The second-order valence-electron chi connectivity index (χ2n) is 5.61. The van der Waals surface area contributed by atoms with Crippen molar-refractivity contribution in [2.45, 2.75) is 50.5 Å². The number of hydrogen-bond acceptors (Lipinski definition) is 2. The summed E-state index contributed by atoms with van der Waals surface area (Å²) < 4.78 is 26.0. The van der Waals surface area contributed by atoms with E-state index in [1.165, 1.54) is 0 Å². The highest BCUT2D eigenvalue weighted by molar-refractivity contribution is 5.79. The number of halogens is 2. The van der Waals surface area contributed by atoms with E-state index in [1.54, 1.807) is 0 Å². The van der Waals surface area contributed by atoms with E-state index in [1.807, 2.05) is 6.92 Å². The number of carbonyl (C=O) groups excluding carboxylic acids is 1. The summed E-state index contributed by atoms with van der Waals surface area (Å²) in [7, 11) is 0. The van der Waals surface area contributed by atoms with Gasteiger partial charge in [0.25, 0.3) is 0 Å². The number of nitrogens with one attached hydrogen (secondary N) is 2. The molecule has 2 aliphatic rings. The fraction of sp³-hybridized carbons (Fsp3) is 0.917. The summed E-state index contributed by atoms with van der Waals surface area (Å²) >= 11 is 0. The van der Waals surface area contributed by atoms with Crippen LogP contribution in [0, 0.1) is 5.92 Å². The topological polar surface area (TPSA) is 41.1 Å². The molecule has 1 heterocycles. The molecule has 0 bridgehead atoms. The summed E-state index contributed by atoms with van der Waals surface area (Å²) in [5, 5.41) is 6.21. The number of carbonyl (C=O) groups is 1. The van der Waals surface area contributed by atoms with Crippen LogP contribution in [0.1, 0.15) is 39.0 Å². The molecule has 1 unspecified atom stereocenters. The molecule has 17 heavy (non-hydrogen) atoms. The van der Waals surface area contributed by atoms with Crippen LogP contribution in [0.2, 0.25) is 0 Å². The SMILES string of the molecule is CC1(NC(=O)C2CCC(F)(F)CC2)CCNC1. The summed E-state index contributed by atoms with van der Waals surface area (Å²) in [6, 6.07) is 0. The van der Waals surface area contributed by atoms with Crippen molar-refractivity contribution in [3.8, 4) is 0 Å². The van der Waals surface area contributed by atoms with Gasteiger partial charge in [-0.05, 0) is 32.7 Å². The highest BCUT2D eigenvalue weighted by atomic mass is 19.3. The fourth-order valence-corrected chi connectivity index (χ4v) is 2.63. The number of rotatable bonds is 2. The van der Waals surface area contributed by atoms with Crippen LogP contribution in [0.15, 0.2) is 0 Å². The van der Waals surface area contributed by atoms with Crippen molar-refractivity contribution in [1.29, 1.82) is 0 Å². The van der Waals surface area contributed by atoms with E-state index in [9.17, 15) is 13.6 Å². The van der Waals surface area contributed by atoms with Gasteiger partial charge in [-0.15, -0.1) is 0 Å². The van der Waals surface area contributed by atoms with E-state index in [-0.39, 0.29) is 30.2 Å². The Balaban J connectivity index is 1.85. The van der Waals surface area contributed by atoms with Crippen LogP contribution in [0.4, 0.5) is 8.78 Å². The molecule has 0 aromatic rings. The average molecular weight is 246 g/mol. The Labute approximate surface area is 100 Å². The van der Waals surface area contributed by atoms with Crippen molar-refractivity contribution in [3.05, 3.63) is 0 Å². The van der Waals surface area contributed by atoms with Crippen LogP contribution in [0.3, 0.4) is 0 Å². The van der Waals surface area contributed by atoms with E-state index >= 15 is 0 Å². The highest BCUT2D eigenvalue weighted by Crippen LogP contribution is 2.36. The maximum atomic E-state index is 13.0. The first-order valence-electron chi connectivity index (χ1n) is 6.31. The van der Waals surface area contributed by atoms with Crippen LogP contribution in [-0.2, 0) is 4.79 Å². The van der Waals surface area contributed by atoms with Crippen LogP contribution in [-0.4, -0.2) is 30.5 Å². The molecule has 1 atom stereocenters. The predicted molar refractivity (Wildman–Crippen MR) is 60.9 cm³/mol. The third-order valence-electron chi connectivity index (χ3n) is 3.88. The zero-order valence-electron chi connectivity index (χ0n) is 10.2. The van der Waals surface area contributed by atoms with Crippen molar-refractivity contribution in [1.82, 2.24) is 10.6 Å². The number of hydrogen-bond donors (Lipinski definition) is 2. The fourth-order valence-electron chi connectivity index (χ4n) is 2.63. The first-order chi connectivity index (χ1) is 7.90. The summed E-state index contributed by atoms with van der Waals surface area (Å²) in [6.45, 7) is 3.67. The quantitative estimate of drug-likeness (QED) is 0.778. The van der Waals surface area contributed by atoms with E-state index in [0.717, 1.165) is 19.5 Å². The molecule has 0 aromatic carbocycles. The van der Waals surface area contributed by atoms with Gasteiger partial charge in [-0.3, -0.25) is 4.79 Å². The van der Waals surface area contributed by atoms with Gasteiger partial charge < -0.3 is 10.6 Å². The molecule has 2 fully saturated rings. The second kappa shape index (κ2) is 4.52. The number of alkyl halides is 2. The first kappa shape index (κ1) is 12.7. The molecule has 2 rings (SSSR count). The van der Waals surface area contributed by atoms with Gasteiger partial charge in [0, 0.05) is 25.3 Å². The van der Waals surface area contributed by atoms with Crippen LogP contribution >= 0.6 is 0 Å². The Hall–Kier alpha value is -0.710. The average Bonchev–Trinajstić information content (AvgIpc) is 2.64. The van der Waals surface area contributed by atoms with Gasteiger partial charge in [0.05, 0.1) is 5.54 Å². The molecule has 1 aliphatic heterocycles. The van der Waals surface area contributed by atoms with Gasteiger partial charge in [-0.25, -0.2) is 8.78 Å². The lowest BCUT2D eigenvalue weighted by atomic mass is 9.85. The van der Waals surface area contributed by atoms with Gasteiger partial charge in [0.15, 0.2) is 0 Å². The van der Waals surface area contributed by atoms with Crippen molar-refractivity contribution in [2.24, 2.45) is 5.92 Å². The van der Waals surface area contributed by atoms with E-state index in [2.05, 4.69) is 10.6 Å². The monoisotopic (exact) mass is 246 g/mol. The maximum Gasteiger partial charge on any atom is 0.248 e. The summed E-state index contributed by atoms with van der Waals surface area (Å²) in [5.41, 5.74) is -0.197. The minimum atomic E-state index is -2.56. The van der Waals surface area contributed by atoms with E-state index in [4.69, 9.17) is 0 Å². The van der Waals surface area contributed by atoms with Crippen molar-refractivity contribution in [3.63, 3.8) is 0 Å². The molecule has 0 spiro atoms. The lowest BCUT2D eigenvalue weighted by Crippen LogP contribution is -2.50. The highest BCUT2D eigenvalue weighted by Gasteiger charge is 2.39. The lowest BCUT2D eigenvalue weighted by molar-refractivity contribution is -0.130. The van der Waals surface area contributed by atoms with Crippen LogP contribution < -0.4 is 10.6 Å². The molecule has 2 N–H and O–H groups in total. The zero-order valence-corrected chi connectivity index (χ0v) is 10.2. The van der Waals surface area contributed by atoms with Gasteiger partial charge in [-0.1, -0.05) is 0 Å². The Morgan fingerprint density at radius 1 is 1.29 bits per heavy atom. The normalized spacial score (nSPS) is 33.6. The molecule has 1 amide bonds. The molecule has 98 valence electrons. The zero-order chi connectivity index (χ0) is 12.5. The first-order valence-corrected chi connectivity index (χ1v) is 6.31. The molecule has 1 saturated carbocycles. The van der Waals surface area contributed by atoms with Crippen molar-refractivity contribution < 1.29 is 13.6 Å². The minimum absolute atomic E-state index is 0.0494. The number of amides is 1. The molecular weight excluding hydrogens is 226 g/mol. The summed E-state index contributed by atoms with van der Waals surface area (Å²) in [6.07, 6.45) is 1.21. The third kappa shape index (κ3) is 3.15. The van der Waals surface area contributed by atoms with Gasteiger partial charge in [0.2, 0.25) is 11.8 Å². The predicted octanol–water partition coefficient (Wildman–Crippen LogP) is 1.68. The van der Waals surface area contributed by atoms with Gasteiger partial charge in [0.1, 0.15) is 0 Å². The van der Waals surface area contributed by atoms with Crippen molar-refractivity contribution in [2.75, 3.05) is 13.1 Å². The summed E-state index contributed by atoms with van der Waals surface area (Å²) in [5.74, 6) is -2.84. The molecule has 3 nitrogen and oxygen atoms in total. The second-order valence-corrected chi connectivity index (χ2v) is 5.61. The maximum absolute atomic E-state index is 13.0. The Morgan fingerprint density at radius 2 is 1.94 bits per heavy atom. The third-order valence-corrected chi connectivity index (χ3v) is 3.88. The molecular formula is C12H20F2N2O. The standard InChI is InChI=1S/C12H20F2N2O/c1-11(6-7-15-8-11)16-10(17)9-2-4-12(13,14)5-3-9/h9,15H,2-8H2,1H3,(H,16,17).